The van der Waals surface area contributed by atoms with Crippen LogP contribution in [0.25, 0.3) is 11.0 Å². The Balaban J connectivity index is 0.00000121. The van der Waals surface area contributed by atoms with Crippen LogP contribution in [0, 0.1) is 0 Å². The maximum Gasteiger partial charge on any atom is 1.00 e. The van der Waals surface area contributed by atoms with Crippen LogP contribution < -0.4 is 34.3 Å². The largest absolute Gasteiger partial charge is 1.00 e. The zero-order chi connectivity index (χ0) is 16.5. The molecule has 1 aliphatic carbocycles. The van der Waals surface area contributed by atoms with Crippen LogP contribution in [-0.4, -0.2) is 26.3 Å². The van der Waals surface area contributed by atoms with Crippen LogP contribution in [0.3, 0.4) is 0 Å². The molecule has 7 heteroatoms. The molecule has 1 aromatic carbocycles. The molecule has 0 radical (unpaired) electrons. The van der Waals surface area contributed by atoms with Crippen LogP contribution in [0.15, 0.2) is 41.7 Å². The van der Waals surface area contributed by atoms with E-state index < -0.39 is 10.8 Å². The number of nitrogens with zero attached hydrogens (tertiary/aromatic N) is 2. The summed E-state index contributed by atoms with van der Waals surface area (Å²) in [6.45, 7) is 0. The fourth-order valence-electron chi connectivity index (χ4n) is 3.35. The number of hydrogen-bond acceptors (Lipinski definition) is 4. The molecule has 0 saturated carbocycles. The van der Waals surface area contributed by atoms with Gasteiger partial charge in [0.2, 0.25) is 0 Å². The van der Waals surface area contributed by atoms with Gasteiger partial charge < -0.3 is 11.1 Å². The molecule has 2 aromatic heterocycles. The molecule has 2 heterocycles. The number of rotatable bonds is 3. The van der Waals surface area contributed by atoms with Gasteiger partial charge in [0.25, 0.3) is 0 Å². The second-order valence-electron chi connectivity index (χ2n) is 5.97. The van der Waals surface area contributed by atoms with Crippen LogP contribution in [0.4, 0.5) is 0 Å². The molecule has 1 N–H and O–H groups in total. The van der Waals surface area contributed by atoms with E-state index in [2.05, 4.69) is 15.0 Å². The third kappa shape index (κ3) is 3.53. The predicted molar refractivity (Wildman–Crippen MR) is 94.7 cm³/mol. The van der Waals surface area contributed by atoms with Crippen molar-refractivity contribution in [2.75, 3.05) is 7.11 Å². The number of aromatic amines is 1. The minimum Gasteiger partial charge on any atom is -1.00 e. The van der Waals surface area contributed by atoms with Crippen molar-refractivity contribution in [1.29, 1.82) is 0 Å². The molecule has 2 unspecified atom stereocenters. The van der Waals surface area contributed by atoms with Gasteiger partial charge in [0.1, 0.15) is 5.75 Å². The molecule has 0 spiro atoms. The smallest absolute Gasteiger partial charge is 1.00 e. The molecule has 1 aliphatic rings. The Hall–Kier alpha value is -1.21. The number of hydrogen-bond donors (Lipinski definition) is 1. The van der Waals surface area contributed by atoms with E-state index >= 15 is 0 Å². The Morgan fingerprint density at radius 2 is 2.12 bits per heavy atom. The van der Waals surface area contributed by atoms with Gasteiger partial charge in [-0.3, -0.25) is 9.19 Å². The number of fused-ring (bicyclic) bond motifs is 2. The number of benzene rings is 1. The van der Waals surface area contributed by atoms with E-state index in [1.807, 2.05) is 30.3 Å². The van der Waals surface area contributed by atoms with Gasteiger partial charge in [-0.2, -0.15) is 0 Å². The van der Waals surface area contributed by atoms with Crippen LogP contribution in [0.1, 0.15) is 37.2 Å². The predicted octanol–water partition coefficient (Wildman–Crippen LogP) is 0.658. The number of ether oxygens (including phenoxy) is 1. The molecule has 0 bridgehead atoms. The van der Waals surface area contributed by atoms with Crippen molar-refractivity contribution in [3.63, 3.8) is 0 Å². The second kappa shape index (κ2) is 7.99. The summed E-state index contributed by atoms with van der Waals surface area (Å²) in [7, 11) is 0.402. The van der Waals surface area contributed by atoms with Crippen LogP contribution >= 0.6 is 0 Å². The standard InChI is InChI=1S/C18H19N3O2S.Na.H/c1-23-15-10-11-19-17-12(15)6-2-5-9-16(17)24(22)18-20-13-7-3-4-8-14(13)21-18;;/h3-4,7-8,10-11,16H,2,5-6,9H2,1H3,(H,20,21);;/q;+1;-1. The molecule has 2 atom stereocenters. The number of H-pyrrole nitrogens is 1. The Labute approximate surface area is 172 Å². The Kier molecular flexibility index (Phi) is 5.94. The average molecular weight is 365 g/mol. The van der Waals surface area contributed by atoms with Crippen molar-refractivity contribution in [2.45, 2.75) is 36.1 Å². The van der Waals surface area contributed by atoms with Crippen LogP contribution in [-0.2, 0) is 17.2 Å². The molecule has 0 aliphatic heterocycles. The van der Waals surface area contributed by atoms with E-state index in [1.165, 1.54) is 0 Å². The maximum atomic E-state index is 13.2. The molecule has 25 heavy (non-hydrogen) atoms. The Morgan fingerprint density at radius 1 is 1.28 bits per heavy atom. The first-order valence-electron chi connectivity index (χ1n) is 8.15. The van der Waals surface area contributed by atoms with Crippen molar-refractivity contribution in [3.05, 3.63) is 47.8 Å². The van der Waals surface area contributed by atoms with Crippen molar-refractivity contribution in [3.8, 4) is 5.75 Å². The van der Waals surface area contributed by atoms with Gasteiger partial charge in [-0.25, -0.2) is 4.98 Å². The molecular formula is C18H20N3NaO2S. The van der Waals surface area contributed by atoms with Gasteiger partial charge in [-0.1, -0.05) is 18.6 Å². The van der Waals surface area contributed by atoms with Gasteiger partial charge in [0.05, 0.1) is 39.9 Å². The van der Waals surface area contributed by atoms with E-state index in [1.54, 1.807) is 13.3 Å². The molecule has 4 rings (SSSR count). The van der Waals surface area contributed by atoms with Crippen molar-refractivity contribution < 1.29 is 39.9 Å². The molecule has 3 aromatic rings. The summed E-state index contributed by atoms with van der Waals surface area (Å²) in [5, 5.41) is 0.372. The number of aromatic nitrogens is 3. The normalized spacial score (nSPS) is 18.0. The maximum absolute atomic E-state index is 13.2. The average Bonchev–Trinajstić information content (AvgIpc) is 2.93. The van der Waals surface area contributed by atoms with Crippen LogP contribution in [0.5, 0.6) is 5.75 Å². The topological polar surface area (TPSA) is 67.9 Å². The SMILES string of the molecule is COc1ccnc2c1CCCCC2S(=O)c1nc2ccccc2[nH]1.[H-].[Na+]. The molecule has 126 valence electrons. The van der Waals surface area contributed by atoms with Gasteiger partial charge in [0.15, 0.2) is 5.16 Å². The number of imidazole rings is 1. The quantitative estimate of drug-likeness (QED) is 0.547. The Bertz CT molecular complexity index is 885. The number of para-hydroxylation sites is 2. The number of nitrogens with one attached hydrogen (secondary N) is 1. The van der Waals surface area contributed by atoms with Crippen molar-refractivity contribution in [2.24, 2.45) is 0 Å². The summed E-state index contributed by atoms with van der Waals surface area (Å²) in [5.74, 6) is 0.841. The van der Waals surface area contributed by atoms with E-state index in [-0.39, 0.29) is 36.2 Å². The zero-order valence-corrected chi connectivity index (χ0v) is 17.3. The first-order valence-corrected chi connectivity index (χ1v) is 9.36. The molecule has 5 nitrogen and oxygen atoms in total. The van der Waals surface area contributed by atoms with Gasteiger partial charge in [-0.15, -0.1) is 0 Å². The van der Waals surface area contributed by atoms with E-state index in [0.717, 1.165) is 53.7 Å². The number of pyridine rings is 1. The minimum atomic E-state index is -1.27. The summed E-state index contributed by atoms with van der Waals surface area (Å²) in [6.07, 6.45) is 5.59. The monoisotopic (exact) mass is 365 g/mol. The second-order valence-corrected chi connectivity index (χ2v) is 7.52. The minimum absolute atomic E-state index is 0. The van der Waals surface area contributed by atoms with Crippen molar-refractivity contribution >= 4 is 21.8 Å². The summed E-state index contributed by atoms with van der Waals surface area (Å²) in [5.41, 5.74) is 3.74. The first kappa shape index (κ1) is 18.6. The third-order valence-electron chi connectivity index (χ3n) is 4.53. The number of methoxy groups -OCH3 is 1. The van der Waals surface area contributed by atoms with E-state index in [4.69, 9.17) is 4.74 Å². The van der Waals surface area contributed by atoms with E-state index in [9.17, 15) is 4.21 Å². The summed E-state index contributed by atoms with van der Waals surface area (Å²) in [4.78, 5) is 12.3. The molecule has 0 amide bonds. The first-order chi connectivity index (χ1) is 11.8. The molecule has 0 fully saturated rings. The summed E-state index contributed by atoms with van der Waals surface area (Å²) >= 11 is 0. The van der Waals surface area contributed by atoms with E-state index in [0.29, 0.717) is 5.16 Å². The summed E-state index contributed by atoms with van der Waals surface area (Å²) in [6, 6.07) is 9.63. The van der Waals surface area contributed by atoms with Gasteiger partial charge in [0, 0.05) is 11.8 Å². The molecule has 0 saturated heterocycles. The fourth-order valence-corrected chi connectivity index (χ4v) is 4.80. The summed E-state index contributed by atoms with van der Waals surface area (Å²) < 4.78 is 18.7. The van der Waals surface area contributed by atoms with Gasteiger partial charge >= 0.3 is 29.6 Å². The Morgan fingerprint density at radius 3 is 2.92 bits per heavy atom. The van der Waals surface area contributed by atoms with Crippen molar-refractivity contribution in [1.82, 2.24) is 15.0 Å². The van der Waals surface area contributed by atoms with Crippen LogP contribution in [0.2, 0.25) is 0 Å². The molecular weight excluding hydrogens is 345 g/mol. The van der Waals surface area contributed by atoms with Gasteiger partial charge in [-0.05, 0) is 37.5 Å². The fraction of sp³-hybridized carbons (Fsp3) is 0.333. The zero-order valence-electron chi connectivity index (χ0n) is 15.5. The third-order valence-corrected chi connectivity index (χ3v) is 6.08.